The number of rotatable bonds is 5. The molecule has 9 heteroatoms. The molecule has 1 N–H and O–H groups in total. The van der Waals surface area contributed by atoms with Crippen LogP contribution in [0.1, 0.15) is 45.5 Å². The number of nitrogens with one attached hydrogen (secondary N) is 1. The van der Waals surface area contributed by atoms with E-state index in [-0.39, 0.29) is 29.7 Å². The third-order valence-corrected chi connectivity index (χ3v) is 7.68. The van der Waals surface area contributed by atoms with E-state index in [9.17, 15) is 14.4 Å². The Kier molecular flexibility index (Phi) is 8.42. The smallest absolute Gasteiger partial charge is 0.321 e. The van der Waals surface area contributed by atoms with Gasteiger partial charge in [0.2, 0.25) is 0 Å². The summed E-state index contributed by atoms with van der Waals surface area (Å²) in [5.74, 6) is -0.368. The lowest BCUT2D eigenvalue weighted by atomic mass is 9.85. The summed E-state index contributed by atoms with van der Waals surface area (Å²) >= 11 is 18.5. The first-order chi connectivity index (χ1) is 17.6. The number of hydrogen-bond donors (Lipinski definition) is 1. The molecule has 192 valence electrons. The zero-order valence-electron chi connectivity index (χ0n) is 20.4. The van der Waals surface area contributed by atoms with Crippen LogP contribution in [0.2, 0.25) is 15.1 Å². The molecular formula is C28H26Cl3N3O3. The Labute approximate surface area is 231 Å². The van der Waals surface area contributed by atoms with Crippen LogP contribution < -0.4 is 5.32 Å². The van der Waals surface area contributed by atoms with E-state index in [1.165, 1.54) is 6.92 Å². The summed E-state index contributed by atoms with van der Waals surface area (Å²) < 4.78 is 0. The highest BCUT2D eigenvalue weighted by Gasteiger charge is 2.37. The molecule has 37 heavy (non-hydrogen) atoms. The van der Waals surface area contributed by atoms with E-state index in [4.69, 9.17) is 34.8 Å². The maximum absolute atomic E-state index is 13.3. The maximum atomic E-state index is 13.3. The van der Waals surface area contributed by atoms with Crippen LogP contribution in [0.5, 0.6) is 0 Å². The lowest BCUT2D eigenvalue weighted by molar-refractivity contribution is 0.0627. The summed E-state index contributed by atoms with van der Waals surface area (Å²) in [6.07, 6.45) is 0.567. The van der Waals surface area contributed by atoms with Gasteiger partial charge in [0.15, 0.2) is 5.78 Å². The Morgan fingerprint density at radius 2 is 1.54 bits per heavy atom. The predicted molar refractivity (Wildman–Crippen MR) is 148 cm³/mol. The molecule has 0 saturated carbocycles. The van der Waals surface area contributed by atoms with Crippen molar-refractivity contribution in [1.29, 1.82) is 0 Å². The minimum Gasteiger partial charge on any atom is -0.338 e. The first kappa shape index (κ1) is 27.0. The Balaban J connectivity index is 1.56. The van der Waals surface area contributed by atoms with Crippen LogP contribution in [-0.2, 0) is 0 Å². The molecule has 6 nitrogen and oxygen atoms in total. The van der Waals surface area contributed by atoms with Crippen molar-refractivity contribution in [2.45, 2.75) is 25.3 Å². The normalized spacial score (nSPS) is 17.3. The number of Topliss-reactive ketones (excluding diaryl/α,β-unsaturated/α-hetero) is 1. The third-order valence-electron chi connectivity index (χ3n) is 6.69. The highest BCUT2D eigenvalue weighted by molar-refractivity contribution is 6.42. The monoisotopic (exact) mass is 557 g/mol. The molecule has 0 aliphatic carbocycles. The van der Waals surface area contributed by atoms with Gasteiger partial charge in [0.1, 0.15) is 0 Å². The van der Waals surface area contributed by atoms with Crippen LogP contribution in [0, 0.1) is 0 Å². The summed E-state index contributed by atoms with van der Waals surface area (Å²) in [5, 5.41) is 4.31. The molecule has 3 aromatic rings. The van der Waals surface area contributed by atoms with Crippen LogP contribution in [0.15, 0.2) is 66.7 Å². The van der Waals surface area contributed by atoms with Gasteiger partial charge in [-0.3, -0.25) is 9.59 Å². The number of likely N-dealkylation sites (N-methyl/N-ethyl adjacent to an activating group) is 1. The Bertz CT molecular complexity index is 1310. The molecule has 4 rings (SSSR count). The van der Waals surface area contributed by atoms with E-state index in [2.05, 4.69) is 5.32 Å². The summed E-state index contributed by atoms with van der Waals surface area (Å²) in [6.45, 7) is 2.33. The first-order valence-electron chi connectivity index (χ1n) is 11.8. The van der Waals surface area contributed by atoms with E-state index in [1.807, 2.05) is 6.07 Å². The summed E-state index contributed by atoms with van der Waals surface area (Å²) in [5.41, 5.74) is 2.59. The molecular weight excluding hydrogens is 533 g/mol. The number of anilines is 1. The van der Waals surface area contributed by atoms with Crippen LogP contribution in [0.4, 0.5) is 10.5 Å². The van der Waals surface area contributed by atoms with Crippen LogP contribution >= 0.6 is 34.8 Å². The van der Waals surface area contributed by atoms with Gasteiger partial charge in [-0.05, 0) is 79.6 Å². The SMILES string of the molecule is CC(=O)c1ccc(NC(=O)N2CC[C@@H](N(C)C(=O)c3ccc(Cl)cc3)[C@H](c3ccc(Cl)c(Cl)c3)C2)cc1. The fourth-order valence-corrected chi connectivity index (χ4v) is 5.03. The Morgan fingerprint density at radius 3 is 2.16 bits per heavy atom. The van der Waals surface area contributed by atoms with Crippen molar-refractivity contribution in [3.63, 3.8) is 0 Å². The van der Waals surface area contributed by atoms with Crippen molar-refractivity contribution in [3.8, 4) is 0 Å². The number of halogens is 3. The molecule has 1 fully saturated rings. The van der Waals surface area contributed by atoms with E-state index >= 15 is 0 Å². The molecule has 1 aliphatic heterocycles. The highest BCUT2D eigenvalue weighted by Crippen LogP contribution is 2.35. The average molecular weight is 559 g/mol. The van der Waals surface area contributed by atoms with Crippen molar-refractivity contribution < 1.29 is 14.4 Å². The molecule has 0 unspecified atom stereocenters. The molecule has 1 heterocycles. The average Bonchev–Trinajstić information content (AvgIpc) is 2.90. The fourth-order valence-electron chi connectivity index (χ4n) is 4.60. The minimum atomic E-state index is -0.259. The molecule has 0 radical (unpaired) electrons. The van der Waals surface area contributed by atoms with Crippen LogP contribution in [0.25, 0.3) is 0 Å². The molecule has 0 bridgehead atoms. The lowest BCUT2D eigenvalue weighted by Gasteiger charge is -2.43. The van der Waals surface area contributed by atoms with Gasteiger partial charge in [0, 0.05) is 53.9 Å². The van der Waals surface area contributed by atoms with Gasteiger partial charge >= 0.3 is 6.03 Å². The molecule has 1 saturated heterocycles. The molecule has 3 amide bonds. The van der Waals surface area contributed by atoms with Crippen molar-refractivity contribution in [2.75, 3.05) is 25.5 Å². The number of ketones is 1. The van der Waals surface area contributed by atoms with Gasteiger partial charge < -0.3 is 15.1 Å². The zero-order chi connectivity index (χ0) is 26.7. The van der Waals surface area contributed by atoms with Gasteiger partial charge in [-0.1, -0.05) is 40.9 Å². The second-order valence-corrected chi connectivity index (χ2v) is 10.3. The number of likely N-dealkylation sites (tertiary alicyclic amines) is 1. The largest absolute Gasteiger partial charge is 0.338 e. The second-order valence-electron chi connectivity index (χ2n) is 9.07. The van der Waals surface area contributed by atoms with Gasteiger partial charge in [-0.15, -0.1) is 0 Å². The first-order valence-corrected chi connectivity index (χ1v) is 12.9. The highest BCUT2D eigenvalue weighted by atomic mass is 35.5. The van der Waals surface area contributed by atoms with E-state index < -0.39 is 0 Å². The van der Waals surface area contributed by atoms with Gasteiger partial charge in [0.05, 0.1) is 10.0 Å². The number of benzene rings is 3. The number of urea groups is 1. The fraction of sp³-hybridized carbons (Fsp3) is 0.250. The molecule has 1 aliphatic rings. The summed E-state index contributed by atoms with van der Waals surface area (Å²) in [6, 6.07) is 18.5. The molecule has 3 aromatic carbocycles. The third kappa shape index (κ3) is 6.27. The summed E-state index contributed by atoms with van der Waals surface area (Å²) in [7, 11) is 1.78. The molecule has 0 aromatic heterocycles. The van der Waals surface area contributed by atoms with Crippen molar-refractivity contribution in [2.24, 2.45) is 0 Å². The van der Waals surface area contributed by atoms with Gasteiger partial charge in [-0.2, -0.15) is 0 Å². The number of piperidine rings is 1. The van der Waals surface area contributed by atoms with Crippen molar-refractivity contribution in [1.82, 2.24) is 9.80 Å². The summed E-state index contributed by atoms with van der Waals surface area (Å²) in [4.78, 5) is 41.4. The Hall–Kier alpha value is -3.06. The number of hydrogen-bond acceptors (Lipinski definition) is 3. The van der Waals surface area contributed by atoms with Gasteiger partial charge in [0.25, 0.3) is 5.91 Å². The van der Waals surface area contributed by atoms with E-state index in [0.29, 0.717) is 51.4 Å². The van der Waals surface area contributed by atoms with E-state index in [1.54, 1.807) is 77.5 Å². The lowest BCUT2D eigenvalue weighted by Crippen LogP contribution is -2.52. The number of carbonyl (C=O) groups is 3. The van der Waals surface area contributed by atoms with E-state index in [0.717, 1.165) is 5.56 Å². The predicted octanol–water partition coefficient (Wildman–Crippen LogP) is 7.01. The van der Waals surface area contributed by atoms with Crippen molar-refractivity contribution in [3.05, 3.63) is 98.5 Å². The quantitative estimate of drug-likeness (QED) is 0.342. The minimum absolute atomic E-state index is 0.0401. The number of carbonyl (C=O) groups excluding carboxylic acids is 3. The Morgan fingerprint density at radius 1 is 0.892 bits per heavy atom. The second kappa shape index (κ2) is 11.5. The zero-order valence-corrected chi connectivity index (χ0v) is 22.6. The number of nitrogens with zero attached hydrogens (tertiary/aromatic N) is 2. The van der Waals surface area contributed by atoms with Crippen LogP contribution in [0.3, 0.4) is 0 Å². The van der Waals surface area contributed by atoms with Crippen LogP contribution in [-0.4, -0.2) is 53.7 Å². The standard InChI is InChI=1S/C28H26Cl3N3O3/c1-17(35)18-5-10-22(11-6-18)32-28(37)34-14-13-26(23(16-34)20-7-12-24(30)25(31)15-20)33(2)27(36)19-3-8-21(29)9-4-19/h3-12,15,23,26H,13-14,16H2,1-2H3,(H,32,37)/t23-,26+/m0/s1. The number of amides is 3. The maximum Gasteiger partial charge on any atom is 0.321 e. The molecule has 0 spiro atoms. The topological polar surface area (TPSA) is 69.7 Å². The van der Waals surface area contributed by atoms with Crippen molar-refractivity contribution >= 4 is 58.2 Å². The molecule has 2 atom stereocenters. The van der Waals surface area contributed by atoms with Gasteiger partial charge in [-0.25, -0.2) is 4.79 Å².